The molecule has 3 amide bonds. The molecule has 0 heterocycles. The van der Waals surface area contributed by atoms with Gasteiger partial charge in [0.2, 0.25) is 5.91 Å². The summed E-state index contributed by atoms with van der Waals surface area (Å²) >= 11 is 0. The quantitative estimate of drug-likeness (QED) is 0.501. The molecule has 0 aromatic carbocycles. The van der Waals surface area contributed by atoms with E-state index in [1.54, 1.807) is 0 Å². The third kappa shape index (κ3) is 8.88. The minimum absolute atomic E-state index is 0.0756. The summed E-state index contributed by atoms with van der Waals surface area (Å²) in [6, 6.07) is 0.103. The fourth-order valence-corrected chi connectivity index (χ4v) is 2.33. The number of carbonyl (C=O) groups is 3. The van der Waals surface area contributed by atoms with Gasteiger partial charge in [0.25, 0.3) is 0 Å². The summed E-state index contributed by atoms with van der Waals surface area (Å²) in [4.78, 5) is 33.2. The number of nitrogens with one attached hydrogen (secondary N) is 3. The molecule has 4 N–H and O–H groups in total. The van der Waals surface area contributed by atoms with Crippen molar-refractivity contribution in [1.29, 1.82) is 0 Å². The number of amides is 3. The highest BCUT2D eigenvalue weighted by Gasteiger charge is 2.15. The smallest absolute Gasteiger partial charge is 0.315 e. The molecule has 1 saturated carbocycles. The molecule has 1 aliphatic rings. The van der Waals surface area contributed by atoms with Gasteiger partial charge < -0.3 is 21.1 Å². The SMILES string of the molecule is O=C(O)CCNC(=O)CCCNC(=O)NC1CCCCC1. The van der Waals surface area contributed by atoms with Gasteiger partial charge in [-0.25, -0.2) is 4.79 Å². The van der Waals surface area contributed by atoms with Crippen LogP contribution in [0.3, 0.4) is 0 Å². The molecule has 21 heavy (non-hydrogen) atoms. The van der Waals surface area contributed by atoms with Crippen LogP contribution in [-0.2, 0) is 9.59 Å². The second-order valence-corrected chi connectivity index (χ2v) is 5.33. The van der Waals surface area contributed by atoms with E-state index in [9.17, 15) is 14.4 Å². The number of hydrogen-bond donors (Lipinski definition) is 4. The lowest BCUT2D eigenvalue weighted by Crippen LogP contribution is -2.43. The predicted octanol–water partition coefficient (Wildman–Crippen LogP) is 0.989. The summed E-state index contributed by atoms with van der Waals surface area (Å²) in [6.07, 6.45) is 6.41. The van der Waals surface area contributed by atoms with E-state index in [1.165, 1.54) is 19.3 Å². The van der Waals surface area contributed by atoms with Crippen LogP contribution in [0.1, 0.15) is 51.4 Å². The summed E-state index contributed by atoms with van der Waals surface area (Å²) in [7, 11) is 0. The van der Waals surface area contributed by atoms with Crippen LogP contribution in [0.4, 0.5) is 4.79 Å². The number of rotatable bonds is 8. The second-order valence-electron chi connectivity index (χ2n) is 5.33. The summed E-state index contributed by atoms with van der Waals surface area (Å²) < 4.78 is 0. The Balaban J connectivity index is 1.98. The van der Waals surface area contributed by atoms with Gasteiger partial charge in [-0.05, 0) is 19.3 Å². The maximum Gasteiger partial charge on any atom is 0.315 e. The Morgan fingerprint density at radius 3 is 2.33 bits per heavy atom. The van der Waals surface area contributed by atoms with E-state index < -0.39 is 5.97 Å². The first kappa shape index (κ1) is 17.3. The van der Waals surface area contributed by atoms with Gasteiger partial charge in [-0.15, -0.1) is 0 Å². The topological polar surface area (TPSA) is 108 Å². The molecule has 1 aliphatic carbocycles. The summed E-state index contributed by atoms with van der Waals surface area (Å²) in [5.41, 5.74) is 0. The molecule has 7 heteroatoms. The zero-order chi connectivity index (χ0) is 15.5. The molecule has 0 radical (unpaired) electrons. The van der Waals surface area contributed by atoms with Gasteiger partial charge in [0.15, 0.2) is 0 Å². The Hall–Kier alpha value is -1.79. The van der Waals surface area contributed by atoms with Crippen molar-refractivity contribution in [3.8, 4) is 0 Å². The first-order valence-corrected chi connectivity index (χ1v) is 7.61. The van der Waals surface area contributed by atoms with E-state index in [0.29, 0.717) is 13.0 Å². The molecule has 0 aromatic rings. The minimum Gasteiger partial charge on any atom is -0.481 e. The van der Waals surface area contributed by atoms with E-state index in [4.69, 9.17) is 5.11 Å². The molecule has 0 unspecified atom stereocenters. The van der Waals surface area contributed by atoms with E-state index in [2.05, 4.69) is 16.0 Å². The van der Waals surface area contributed by atoms with Crippen molar-refractivity contribution in [1.82, 2.24) is 16.0 Å². The number of carbonyl (C=O) groups excluding carboxylic acids is 2. The normalized spacial score (nSPS) is 15.2. The molecule has 0 bridgehead atoms. The van der Waals surface area contributed by atoms with Crippen molar-refractivity contribution in [2.75, 3.05) is 13.1 Å². The van der Waals surface area contributed by atoms with Crippen LogP contribution >= 0.6 is 0 Å². The van der Waals surface area contributed by atoms with Gasteiger partial charge in [0.1, 0.15) is 0 Å². The maximum atomic E-state index is 11.6. The number of carboxylic acids is 1. The highest BCUT2D eigenvalue weighted by Crippen LogP contribution is 2.17. The Morgan fingerprint density at radius 2 is 1.67 bits per heavy atom. The number of urea groups is 1. The van der Waals surface area contributed by atoms with E-state index in [-0.39, 0.29) is 37.4 Å². The average Bonchev–Trinajstić information content (AvgIpc) is 2.44. The third-order valence-electron chi connectivity index (χ3n) is 3.47. The zero-order valence-corrected chi connectivity index (χ0v) is 12.3. The van der Waals surface area contributed by atoms with Gasteiger partial charge in [-0.2, -0.15) is 0 Å². The van der Waals surface area contributed by atoms with Gasteiger partial charge >= 0.3 is 12.0 Å². The van der Waals surface area contributed by atoms with Crippen LogP contribution in [0.2, 0.25) is 0 Å². The molecule has 0 aromatic heterocycles. The lowest BCUT2D eigenvalue weighted by molar-refractivity contribution is -0.136. The zero-order valence-electron chi connectivity index (χ0n) is 12.3. The van der Waals surface area contributed by atoms with Crippen LogP contribution in [0.15, 0.2) is 0 Å². The first-order valence-electron chi connectivity index (χ1n) is 7.61. The van der Waals surface area contributed by atoms with Gasteiger partial charge in [-0.1, -0.05) is 19.3 Å². The highest BCUT2D eigenvalue weighted by molar-refractivity contribution is 5.77. The van der Waals surface area contributed by atoms with Crippen molar-refractivity contribution in [3.63, 3.8) is 0 Å². The largest absolute Gasteiger partial charge is 0.481 e. The van der Waals surface area contributed by atoms with Crippen LogP contribution in [-0.4, -0.2) is 42.1 Å². The fourth-order valence-electron chi connectivity index (χ4n) is 2.33. The maximum absolute atomic E-state index is 11.6. The van der Waals surface area contributed by atoms with Crippen molar-refractivity contribution in [2.24, 2.45) is 0 Å². The number of aliphatic carboxylic acids is 1. The van der Waals surface area contributed by atoms with Crippen molar-refractivity contribution in [2.45, 2.75) is 57.4 Å². The molecule has 0 saturated heterocycles. The van der Waals surface area contributed by atoms with E-state index >= 15 is 0 Å². The molecule has 120 valence electrons. The predicted molar refractivity (Wildman–Crippen MR) is 77.9 cm³/mol. The molecule has 0 aliphatic heterocycles. The van der Waals surface area contributed by atoms with Crippen LogP contribution < -0.4 is 16.0 Å². The molecule has 0 spiro atoms. The minimum atomic E-state index is -0.934. The Bertz CT molecular complexity index is 354. The summed E-state index contributed by atoms with van der Waals surface area (Å²) in [6.45, 7) is 0.578. The standard InChI is InChI=1S/C14H25N3O4/c18-12(15-10-8-13(19)20)7-4-9-16-14(21)17-11-5-2-1-3-6-11/h11H,1-10H2,(H,15,18)(H,19,20)(H2,16,17,21). The summed E-state index contributed by atoms with van der Waals surface area (Å²) in [5, 5.41) is 16.6. The molecule has 7 nitrogen and oxygen atoms in total. The van der Waals surface area contributed by atoms with Crippen molar-refractivity contribution >= 4 is 17.9 Å². The Morgan fingerprint density at radius 1 is 0.952 bits per heavy atom. The first-order chi connectivity index (χ1) is 10.1. The lowest BCUT2D eigenvalue weighted by atomic mass is 9.96. The van der Waals surface area contributed by atoms with Crippen molar-refractivity contribution < 1.29 is 19.5 Å². The number of carboxylic acid groups (broad SMARTS) is 1. The van der Waals surface area contributed by atoms with E-state index in [0.717, 1.165) is 12.8 Å². The molecule has 0 atom stereocenters. The van der Waals surface area contributed by atoms with Crippen LogP contribution in [0.25, 0.3) is 0 Å². The monoisotopic (exact) mass is 299 g/mol. The van der Waals surface area contributed by atoms with Crippen molar-refractivity contribution in [3.05, 3.63) is 0 Å². The Labute approximate surface area is 124 Å². The second kappa shape index (κ2) is 10.0. The van der Waals surface area contributed by atoms with Gasteiger partial charge in [-0.3, -0.25) is 9.59 Å². The summed E-state index contributed by atoms with van der Waals surface area (Å²) in [5.74, 6) is -1.12. The van der Waals surface area contributed by atoms with Gasteiger partial charge in [0.05, 0.1) is 6.42 Å². The molecular formula is C14H25N3O4. The van der Waals surface area contributed by atoms with Gasteiger partial charge in [0, 0.05) is 25.6 Å². The molecule has 1 rings (SSSR count). The van der Waals surface area contributed by atoms with E-state index in [1.807, 2.05) is 0 Å². The van der Waals surface area contributed by atoms with Crippen LogP contribution in [0.5, 0.6) is 0 Å². The highest BCUT2D eigenvalue weighted by atomic mass is 16.4. The van der Waals surface area contributed by atoms with Crippen LogP contribution in [0, 0.1) is 0 Å². The molecule has 1 fully saturated rings. The molecular weight excluding hydrogens is 274 g/mol. The third-order valence-corrected chi connectivity index (χ3v) is 3.47. The Kier molecular flexibility index (Phi) is 8.23. The lowest BCUT2D eigenvalue weighted by Gasteiger charge is -2.22. The average molecular weight is 299 g/mol. The fraction of sp³-hybridized carbons (Fsp3) is 0.786. The number of hydrogen-bond acceptors (Lipinski definition) is 3.